The van der Waals surface area contributed by atoms with Crippen molar-refractivity contribution >= 4 is 20.9 Å². The molecule has 18 heavy (non-hydrogen) atoms. The van der Waals surface area contributed by atoms with Crippen LogP contribution in [0.1, 0.15) is 25.8 Å². The average Bonchev–Trinajstić information content (AvgIpc) is 2.42. The zero-order valence-corrected chi connectivity index (χ0v) is 13.5. The zero-order valence-electron chi connectivity index (χ0n) is 11.1. The first-order chi connectivity index (χ1) is 8.77. The number of aliphatic hydroxyl groups is 1. The van der Waals surface area contributed by atoms with Gasteiger partial charge in [-0.15, -0.1) is 0 Å². The first kappa shape index (κ1) is 15.6. The molecule has 3 heteroatoms. The summed E-state index contributed by atoms with van der Waals surface area (Å²) in [6.07, 6.45) is 3.16. The van der Waals surface area contributed by atoms with E-state index in [9.17, 15) is 5.11 Å². The van der Waals surface area contributed by atoms with Gasteiger partial charge in [-0.05, 0) is 0 Å². The summed E-state index contributed by atoms with van der Waals surface area (Å²) in [4.78, 5) is 0. The van der Waals surface area contributed by atoms with Gasteiger partial charge in [0.05, 0.1) is 0 Å². The van der Waals surface area contributed by atoms with E-state index in [2.05, 4.69) is 19.1 Å². The van der Waals surface area contributed by atoms with Crippen LogP contribution in [0.5, 0.6) is 0 Å². The standard InChI is InChI=1S/C15H22O2Te/c1-3-17-12-15(18-4-2)14(16)11-10-13-8-6-5-7-9-13/h5-9,12,14,16H,3-4,10-11H2,1-2H3/b15-12-. The predicted molar refractivity (Wildman–Crippen MR) is 76.7 cm³/mol. The second-order valence-electron chi connectivity index (χ2n) is 3.95. The summed E-state index contributed by atoms with van der Waals surface area (Å²) in [7, 11) is 0. The fraction of sp³-hybridized carbons (Fsp3) is 0.467. The summed E-state index contributed by atoms with van der Waals surface area (Å²) in [6.45, 7) is 4.81. The predicted octanol–water partition coefficient (Wildman–Crippen LogP) is 3.00. The second kappa shape index (κ2) is 9.44. The Morgan fingerprint density at radius 2 is 2.06 bits per heavy atom. The molecule has 0 fully saturated rings. The summed E-state index contributed by atoms with van der Waals surface area (Å²) in [6, 6.07) is 10.3. The van der Waals surface area contributed by atoms with Crippen LogP contribution in [-0.4, -0.2) is 38.7 Å². The summed E-state index contributed by atoms with van der Waals surface area (Å²) in [5.41, 5.74) is 1.28. The van der Waals surface area contributed by atoms with E-state index in [0.717, 1.165) is 20.9 Å². The number of ether oxygens (including phenoxy) is 1. The number of rotatable bonds is 8. The Balaban J connectivity index is 2.48. The number of aliphatic hydroxyl groups excluding tert-OH is 1. The van der Waals surface area contributed by atoms with Crippen LogP contribution in [0, 0.1) is 0 Å². The Kier molecular flexibility index (Phi) is 8.16. The summed E-state index contributed by atoms with van der Waals surface area (Å²) in [5.74, 6) is 0. The van der Waals surface area contributed by atoms with Gasteiger partial charge in [-0.25, -0.2) is 0 Å². The van der Waals surface area contributed by atoms with E-state index in [1.165, 1.54) is 5.56 Å². The van der Waals surface area contributed by atoms with Crippen molar-refractivity contribution in [2.75, 3.05) is 6.61 Å². The van der Waals surface area contributed by atoms with E-state index < -0.39 is 0 Å². The van der Waals surface area contributed by atoms with Gasteiger partial charge in [-0.2, -0.15) is 0 Å². The van der Waals surface area contributed by atoms with Gasteiger partial charge < -0.3 is 0 Å². The quantitative estimate of drug-likeness (QED) is 0.569. The van der Waals surface area contributed by atoms with E-state index >= 15 is 0 Å². The molecule has 0 amide bonds. The normalized spacial score (nSPS) is 13.4. The van der Waals surface area contributed by atoms with E-state index in [0.29, 0.717) is 6.61 Å². The minimum absolute atomic E-state index is 0.266. The van der Waals surface area contributed by atoms with Gasteiger partial charge >= 0.3 is 120 Å². The summed E-state index contributed by atoms with van der Waals surface area (Å²) >= 11 is -0.266. The molecule has 1 rings (SSSR count). The topological polar surface area (TPSA) is 29.5 Å². The van der Waals surface area contributed by atoms with Crippen LogP contribution in [0.2, 0.25) is 4.47 Å². The molecule has 0 bridgehead atoms. The fourth-order valence-corrected chi connectivity index (χ4v) is 3.86. The number of benzene rings is 1. The molecule has 1 atom stereocenters. The maximum atomic E-state index is 10.2. The third kappa shape index (κ3) is 5.91. The van der Waals surface area contributed by atoms with Gasteiger partial charge in [0.2, 0.25) is 0 Å². The molecule has 0 aliphatic rings. The van der Waals surface area contributed by atoms with Gasteiger partial charge in [0.1, 0.15) is 0 Å². The number of aryl methyl sites for hydroxylation is 1. The summed E-state index contributed by atoms with van der Waals surface area (Å²) < 4.78 is 7.63. The molecule has 0 aromatic heterocycles. The van der Waals surface area contributed by atoms with Gasteiger partial charge in [0.15, 0.2) is 0 Å². The van der Waals surface area contributed by atoms with Crippen molar-refractivity contribution in [2.24, 2.45) is 0 Å². The molecule has 2 nitrogen and oxygen atoms in total. The van der Waals surface area contributed by atoms with Gasteiger partial charge in [-0.1, -0.05) is 0 Å². The molecular weight excluding hydrogens is 340 g/mol. The zero-order chi connectivity index (χ0) is 13.2. The van der Waals surface area contributed by atoms with Crippen molar-refractivity contribution in [2.45, 2.75) is 37.3 Å². The van der Waals surface area contributed by atoms with Crippen LogP contribution < -0.4 is 0 Å². The van der Waals surface area contributed by atoms with Crippen LogP contribution in [0.3, 0.4) is 0 Å². The van der Waals surface area contributed by atoms with Crippen molar-refractivity contribution in [3.8, 4) is 0 Å². The van der Waals surface area contributed by atoms with Crippen molar-refractivity contribution < 1.29 is 9.84 Å². The third-order valence-electron chi connectivity index (χ3n) is 2.55. The Bertz CT molecular complexity index is 349. The molecule has 0 heterocycles. The second-order valence-corrected chi connectivity index (χ2v) is 7.77. The molecule has 1 N–H and O–H groups in total. The molecule has 1 aromatic rings. The number of hydrogen-bond donors (Lipinski definition) is 1. The van der Waals surface area contributed by atoms with Gasteiger partial charge in [0, 0.05) is 0 Å². The molecular formula is C15H22O2Te. The minimum atomic E-state index is -0.334. The molecule has 0 aliphatic carbocycles. The fourth-order valence-electron chi connectivity index (χ4n) is 1.63. The van der Waals surface area contributed by atoms with Crippen molar-refractivity contribution in [3.63, 3.8) is 0 Å². The van der Waals surface area contributed by atoms with Crippen LogP contribution in [-0.2, 0) is 11.2 Å². The molecule has 0 radical (unpaired) electrons. The monoisotopic (exact) mass is 364 g/mol. The van der Waals surface area contributed by atoms with Crippen LogP contribution in [0.15, 0.2) is 40.2 Å². The first-order valence-corrected chi connectivity index (χ1v) is 9.25. The van der Waals surface area contributed by atoms with Crippen LogP contribution in [0.4, 0.5) is 0 Å². The first-order valence-electron chi connectivity index (χ1n) is 6.44. The van der Waals surface area contributed by atoms with Gasteiger partial charge in [-0.3, -0.25) is 0 Å². The van der Waals surface area contributed by atoms with Crippen molar-refractivity contribution in [1.82, 2.24) is 0 Å². The third-order valence-corrected chi connectivity index (χ3v) is 5.38. The molecule has 1 unspecified atom stereocenters. The molecule has 1 aromatic carbocycles. The van der Waals surface area contributed by atoms with Crippen LogP contribution in [0.25, 0.3) is 0 Å². The molecule has 0 spiro atoms. The Labute approximate surface area is 120 Å². The molecule has 0 saturated heterocycles. The Hall–Kier alpha value is -0.490. The van der Waals surface area contributed by atoms with E-state index in [1.807, 2.05) is 25.1 Å². The maximum absolute atomic E-state index is 10.2. The number of hydrogen-bond acceptors (Lipinski definition) is 2. The molecule has 0 aliphatic heterocycles. The Morgan fingerprint density at radius 1 is 1.33 bits per heavy atom. The van der Waals surface area contributed by atoms with Gasteiger partial charge in [0.25, 0.3) is 0 Å². The van der Waals surface area contributed by atoms with Crippen molar-refractivity contribution in [3.05, 3.63) is 45.8 Å². The average molecular weight is 362 g/mol. The Morgan fingerprint density at radius 3 is 2.67 bits per heavy atom. The van der Waals surface area contributed by atoms with E-state index in [1.54, 1.807) is 6.26 Å². The van der Waals surface area contributed by atoms with Crippen LogP contribution >= 0.6 is 0 Å². The molecule has 100 valence electrons. The van der Waals surface area contributed by atoms with E-state index in [4.69, 9.17) is 4.74 Å². The van der Waals surface area contributed by atoms with Crippen molar-refractivity contribution in [1.29, 1.82) is 0 Å². The van der Waals surface area contributed by atoms with E-state index in [-0.39, 0.29) is 27.0 Å². The summed E-state index contributed by atoms with van der Waals surface area (Å²) in [5, 5.41) is 10.2. The SMILES string of the molecule is CCO/C=C(\[Te]CC)C(O)CCc1ccccc1. The molecule has 0 saturated carbocycles.